The second kappa shape index (κ2) is 6.24. The summed E-state index contributed by atoms with van der Waals surface area (Å²) >= 11 is 0. The first-order valence-corrected chi connectivity index (χ1v) is 6.73. The zero-order chi connectivity index (χ0) is 13.8. The summed E-state index contributed by atoms with van der Waals surface area (Å²) in [6.45, 7) is 5.59. The summed E-state index contributed by atoms with van der Waals surface area (Å²) in [5.41, 5.74) is -0.641. The van der Waals surface area contributed by atoms with Crippen molar-refractivity contribution in [1.82, 2.24) is 5.32 Å². The van der Waals surface area contributed by atoms with Crippen molar-refractivity contribution in [3.63, 3.8) is 0 Å². The van der Waals surface area contributed by atoms with Crippen LogP contribution in [0.3, 0.4) is 0 Å². The molecular formula is C13H24F3NO. The summed E-state index contributed by atoms with van der Waals surface area (Å²) < 4.78 is 43.3. The Bertz CT molecular complexity index is 247. The second-order valence-corrected chi connectivity index (χ2v) is 5.58. The minimum atomic E-state index is -4.28. The largest absolute Gasteiger partial charge is 0.414 e. The Labute approximate surface area is 107 Å². The maximum absolute atomic E-state index is 12.6. The van der Waals surface area contributed by atoms with Crippen LogP contribution in [0, 0.1) is 0 Å². The SMILES string of the molecule is CC(C)NCC1(OC(C)C(F)(F)F)CCCCC1. The minimum absolute atomic E-state index is 0.258. The van der Waals surface area contributed by atoms with E-state index in [1.165, 1.54) is 0 Å². The van der Waals surface area contributed by atoms with Crippen LogP contribution in [0.1, 0.15) is 52.9 Å². The van der Waals surface area contributed by atoms with Gasteiger partial charge in [-0.25, -0.2) is 0 Å². The molecule has 0 aromatic heterocycles. The highest BCUT2D eigenvalue weighted by molar-refractivity contribution is 4.89. The van der Waals surface area contributed by atoms with Gasteiger partial charge in [-0.1, -0.05) is 33.1 Å². The molecule has 1 unspecified atom stereocenters. The molecule has 1 rings (SSSR count). The minimum Gasteiger partial charge on any atom is -0.361 e. The molecule has 5 heteroatoms. The van der Waals surface area contributed by atoms with Crippen LogP contribution in [0.25, 0.3) is 0 Å². The van der Waals surface area contributed by atoms with Crippen LogP contribution in [0.4, 0.5) is 13.2 Å². The molecule has 1 aliphatic rings. The summed E-state index contributed by atoms with van der Waals surface area (Å²) in [4.78, 5) is 0. The molecule has 1 atom stereocenters. The van der Waals surface area contributed by atoms with Gasteiger partial charge in [-0.3, -0.25) is 0 Å². The highest BCUT2D eigenvalue weighted by atomic mass is 19.4. The monoisotopic (exact) mass is 267 g/mol. The molecule has 0 radical (unpaired) electrons. The fraction of sp³-hybridized carbons (Fsp3) is 1.00. The van der Waals surface area contributed by atoms with Crippen molar-refractivity contribution in [3.8, 4) is 0 Å². The van der Waals surface area contributed by atoms with Crippen molar-refractivity contribution in [3.05, 3.63) is 0 Å². The van der Waals surface area contributed by atoms with E-state index >= 15 is 0 Å². The Hall–Kier alpha value is -0.290. The summed E-state index contributed by atoms with van der Waals surface area (Å²) in [5.74, 6) is 0. The first-order valence-electron chi connectivity index (χ1n) is 6.73. The quantitative estimate of drug-likeness (QED) is 0.821. The lowest BCUT2D eigenvalue weighted by atomic mass is 9.84. The lowest BCUT2D eigenvalue weighted by Gasteiger charge is -2.40. The van der Waals surface area contributed by atoms with Gasteiger partial charge < -0.3 is 10.1 Å². The normalized spacial score (nSPS) is 22.2. The van der Waals surface area contributed by atoms with Gasteiger partial charge in [-0.2, -0.15) is 13.2 Å². The van der Waals surface area contributed by atoms with Crippen LogP contribution >= 0.6 is 0 Å². The zero-order valence-electron chi connectivity index (χ0n) is 11.4. The number of halogens is 3. The third-order valence-electron chi connectivity index (χ3n) is 3.48. The summed E-state index contributed by atoms with van der Waals surface area (Å²) in [5, 5.41) is 3.22. The fourth-order valence-corrected chi connectivity index (χ4v) is 2.36. The van der Waals surface area contributed by atoms with Crippen molar-refractivity contribution < 1.29 is 17.9 Å². The molecule has 0 saturated heterocycles. The van der Waals surface area contributed by atoms with Crippen LogP contribution in [-0.4, -0.2) is 30.5 Å². The zero-order valence-corrected chi connectivity index (χ0v) is 11.4. The van der Waals surface area contributed by atoms with Gasteiger partial charge in [0.2, 0.25) is 0 Å². The molecule has 0 aliphatic heterocycles. The van der Waals surface area contributed by atoms with E-state index in [2.05, 4.69) is 5.32 Å². The molecule has 0 bridgehead atoms. The van der Waals surface area contributed by atoms with Crippen LogP contribution < -0.4 is 5.32 Å². The topological polar surface area (TPSA) is 21.3 Å². The maximum atomic E-state index is 12.6. The Morgan fingerprint density at radius 1 is 1.11 bits per heavy atom. The average Bonchev–Trinajstić information content (AvgIpc) is 2.26. The number of rotatable bonds is 5. The van der Waals surface area contributed by atoms with Crippen LogP contribution in [0.15, 0.2) is 0 Å². The highest BCUT2D eigenvalue weighted by Gasteiger charge is 2.43. The molecule has 0 spiro atoms. The van der Waals surface area contributed by atoms with Gasteiger partial charge in [-0.05, 0) is 19.8 Å². The van der Waals surface area contributed by atoms with E-state index in [9.17, 15) is 13.2 Å². The molecule has 18 heavy (non-hydrogen) atoms. The third-order valence-corrected chi connectivity index (χ3v) is 3.48. The average molecular weight is 267 g/mol. The Morgan fingerprint density at radius 3 is 2.11 bits per heavy atom. The molecule has 0 amide bonds. The highest BCUT2D eigenvalue weighted by Crippen LogP contribution is 2.35. The van der Waals surface area contributed by atoms with Crippen molar-refractivity contribution in [1.29, 1.82) is 0 Å². The molecule has 1 saturated carbocycles. The van der Waals surface area contributed by atoms with Gasteiger partial charge in [0.1, 0.15) is 0 Å². The van der Waals surface area contributed by atoms with Crippen molar-refractivity contribution in [2.75, 3.05) is 6.54 Å². The lowest BCUT2D eigenvalue weighted by molar-refractivity contribution is -0.251. The first kappa shape index (κ1) is 15.8. The van der Waals surface area contributed by atoms with E-state index < -0.39 is 17.9 Å². The number of alkyl halides is 3. The summed E-state index contributed by atoms with van der Waals surface area (Å²) in [7, 11) is 0. The number of hydrogen-bond donors (Lipinski definition) is 1. The van der Waals surface area contributed by atoms with E-state index in [-0.39, 0.29) is 6.04 Å². The molecule has 108 valence electrons. The molecule has 0 aromatic rings. The van der Waals surface area contributed by atoms with E-state index in [1.807, 2.05) is 13.8 Å². The molecule has 2 nitrogen and oxygen atoms in total. The van der Waals surface area contributed by atoms with Crippen molar-refractivity contribution >= 4 is 0 Å². The third kappa shape index (κ3) is 4.76. The van der Waals surface area contributed by atoms with Gasteiger partial charge in [0.05, 0.1) is 5.60 Å². The van der Waals surface area contributed by atoms with Crippen molar-refractivity contribution in [2.24, 2.45) is 0 Å². The first-order chi connectivity index (χ1) is 8.25. The van der Waals surface area contributed by atoms with Gasteiger partial charge in [-0.15, -0.1) is 0 Å². The lowest BCUT2D eigenvalue weighted by Crippen LogP contribution is -2.50. The van der Waals surface area contributed by atoms with E-state index in [1.54, 1.807) is 0 Å². The summed E-state index contributed by atoms with van der Waals surface area (Å²) in [6.07, 6.45) is -1.55. The van der Waals surface area contributed by atoms with E-state index in [0.29, 0.717) is 19.4 Å². The Morgan fingerprint density at radius 2 is 1.67 bits per heavy atom. The molecule has 1 N–H and O–H groups in total. The Kier molecular flexibility index (Phi) is 5.46. The molecular weight excluding hydrogens is 243 g/mol. The Balaban J connectivity index is 2.65. The van der Waals surface area contributed by atoms with E-state index in [4.69, 9.17) is 4.74 Å². The van der Waals surface area contributed by atoms with Crippen LogP contribution in [0.5, 0.6) is 0 Å². The van der Waals surface area contributed by atoms with Crippen molar-refractivity contribution in [2.45, 2.75) is 76.8 Å². The molecule has 1 aliphatic carbocycles. The number of ether oxygens (including phenoxy) is 1. The molecule has 0 heterocycles. The van der Waals surface area contributed by atoms with Crippen LogP contribution in [0.2, 0.25) is 0 Å². The predicted octanol–water partition coefficient (Wildman–Crippen LogP) is 3.65. The van der Waals surface area contributed by atoms with Gasteiger partial charge in [0, 0.05) is 12.6 Å². The van der Waals surface area contributed by atoms with Gasteiger partial charge >= 0.3 is 6.18 Å². The number of nitrogens with one attached hydrogen (secondary N) is 1. The summed E-state index contributed by atoms with van der Waals surface area (Å²) in [6, 6.07) is 0.258. The molecule has 1 fully saturated rings. The fourth-order valence-electron chi connectivity index (χ4n) is 2.36. The van der Waals surface area contributed by atoms with E-state index in [0.717, 1.165) is 26.2 Å². The molecule has 0 aromatic carbocycles. The number of hydrogen-bond acceptors (Lipinski definition) is 2. The second-order valence-electron chi connectivity index (χ2n) is 5.58. The van der Waals surface area contributed by atoms with Gasteiger partial charge in [0.25, 0.3) is 0 Å². The smallest absolute Gasteiger partial charge is 0.361 e. The maximum Gasteiger partial charge on any atom is 0.414 e. The predicted molar refractivity (Wildman–Crippen MR) is 65.6 cm³/mol. The van der Waals surface area contributed by atoms with Crippen LogP contribution in [-0.2, 0) is 4.74 Å². The van der Waals surface area contributed by atoms with Gasteiger partial charge in [0.15, 0.2) is 6.10 Å². The standard InChI is InChI=1S/C13H24F3NO/c1-10(2)17-9-12(7-5-4-6-8-12)18-11(3)13(14,15)16/h10-11,17H,4-9H2,1-3H3.